The van der Waals surface area contributed by atoms with Crippen LogP contribution < -0.4 is 5.32 Å². The third kappa shape index (κ3) is 2.17. The first-order valence-corrected chi connectivity index (χ1v) is 5.92. The van der Waals surface area contributed by atoms with Crippen molar-refractivity contribution in [2.75, 3.05) is 25.6 Å². The Bertz CT molecular complexity index is 385. The lowest BCUT2D eigenvalue weighted by atomic mass is 10.2. The molecule has 1 aromatic rings. The molecular formula is C10H14N2O3S. The van der Waals surface area contributed by atoms with Crippen LogP contribution in [0.4, 0.5) is 5.00 Å². The summed E-state index contributed by atoms with van der Waals surface area (Å²) in [5.74, 6) is -0.314. The maximum Gasteiger partial charge on any atom is 0.343 e. The highest BCUT2D eigenvalue weighted by Gasteiger charge is 2.25. The van der Waals surface area contributed by atoms with Gasteiger partial charge in [-0.2, -0.15) is 4.37 Å². The van der Waals surface area contributed by atoms with E-state index in [1.807, 2.05) is 0 Å². The zero-order valence-corrected chi connectivity index (χ0v) is 10.1. The van der Waals surface area contributed by atoms with Gasteiger partial charge in [-0.25, -0.2) is 4.79 Å². The van der Waals surface area contributed by atoms with Gasteiger partial charge in [-0.3, -0.25) is 0 Å². The Balaban J connectivity index is 2.10. The summed E-state index contributed by atoms with van der Waals surface area (Å²) in [7, 11) is 1.77. The van der Waals surface area contributed by atoms with Crippen LogP contribution in [0.2, 0.25) is 0 Å². The molecule has 0 aliphatic carbocycles. The van der Waals surface area contributed by atoms with E-state index in [-0.39, 0.29) is 12.1 Å². The minimum absolute atomic E-state index is 0.114. The quantitative estimate of drug-likeness (QED) is 0.813. The minimum atomic E-state index is -0.314. The van der Waals surface area contributed by atoms with Gasteiger partial charge in [-0.15, -0.1) is 0 Å². The highest BCUT2D eigenvalue weighted by molar-refractivity contribution is 7.10. The lowest BCUT2D eigenvalue weighted by Gasteiger charge is -2.10. The lowest BCUT2D eigenvalue weighted by molar-refractivity contribution is 0.0271. The maximum absolute atomic E-state index is 11.9. The molecule has 2 rings (SSSR count). The topological polar surface area (TPSA) is 60.5 Å². The number of aromatic nitrogens is 1. The summed E-state index contributed by atoms with van der Waals surface area (Å²) in [5.41, 5.74) is 1.25. The summed E-state index contributed by atoms with van der Waals surface area (Å²) in [6.07, 6.45) is 0.661. The number of ether oxygens (including phenoxy) is 2. The van der Waals surface area contributed by atoms with Gasteiger partial charge in [0, 0.05) is 13.5 Å². The molecule has 1 saturated heterocycles. The predicted octanol–water partition coefficient (Wildman–Crippen LogP) is 1.44. The summed E-state index contributed by atoms with van der Waals surface area (Å²) in [5, 5.41) is 3.70. The van der Waals surface area contributed by atoms with Crippen LogP contribution in [-0.4, -0.2) is 36.7 Å². The largest absolute Gasteiger partial charge is 0.456 e. The molecule has 5 nitrogen and oxygen atoms in total. The zero-order valence-electron chi connectivity index (χ0n) is 9.28. The molecule has 0 bridgehead atoms. The summed E-state index contributed by atoms with van der Waals surface area (Å²) >= 11 is 1.27. The maximum atomic E-state index is 11.9. The van der Waals surface area contributed by atoms with E-state index in [0.717, 1.165) is 11.4 Å². The average molecular weight is 242 g/mol. The molecule has 1 aromatic heterocycles. The van der Waals surface area contributed by atoms with Crippen LogP contribution in [0.1, 0.15) is 22.5 Å². The van der Waals surface area contributed by atoms with E-state index in [1.54, 1.807) is 14.0 Å². The van der Waals surface area contributed by atoms with Crippen molar-refractivity contribution in [2.24, 2.45) is 0 Å². The van der Waals surface area contributed by atoms with Gasteiger partial charge in [0.2, 0.25) is 0 Å². The average Bonchev–Trinajstić information content (AvgIpc) is 2.87. The van der Waals surface area contributed by atoms with Crippen molar-refractivity contribution in [2.45, 2.75) is 19.4 Å². The summed E-state index contributed by atoms with van der Waals surface area (Å²) in [6.45, 7) is 2.97. The Morgan fingerprint density at radius 2 is 2.50 bits per heavy atom. The fourth-order valence-corrected chi connectivity index (χ4v) is 2.33. The summed E-state index contributed by atoms with van der Waals surface area (Å²) in [6, 6.07) is 0. The van der Waals surface area contributed by atoms with Gasteiger partial charge in [0.1, 0.15) is 16.7 Å². The van der Waals surface area contributed by atoms with Crippen LogP contribution in [0.5, 0.6) is 0 Å². The van der Waals surface area contributed by atoms with Gasteiger partial charge in [0.05, 0.1) is 18.9 Å². The molecule has 1 atom stereocenters. The van der Waals surface area contributed by atoms with Gasteiger partial charge in [0.15, 0.2) is 0 Å². The van der Waals surface area contributed by atoms with Crippen molar-refractivity contribution in [3.05, 3.63) is 11.3 Å². The lowest BCUT2D eigenvalue weighted by Crippen LogP contribution is -2.19. The molecule has 16 heavy (non-hydrogen) atoms. The van der Waals surface area contributed by atoms with Gasteiger partial charge >= 0.3 is 5.97 Å². The number of aryl methyl sites for hydroxylation is 1. The van der Waals surface area contributed by atoms with Gasteiger partial charge in [-0.1, -0.05) is 0 Å². The molecule has 1 aliphatic heterocycles. The van der Waals surface area contributed by atoms with E-state index in [0.29, 0.717) is 24.5 Å². The number of anilines is 1. The third-order valence-corrected chi connectivity index (χ3v) is 3.41. The van der Waals surface area contributed by atoms with Crippen molar-refractivity contribution in [3.8, 4) is 0 Å². The van der Waals surface area contributed by atoms with Crippen molar-refractivity contribution in [1.82, 2.24) is 4.37 Å². The molecule has 0 aromatic carbocycles. The van der Waals surface area contributed by atoms with E-state index in [9.17, 15) is 4.79 Å². The highest BCUT2D eigenvalue weighted by atomic mass is 32.1. The number of hydrogen-bond acceptors (Lipinski definition) is 6. The van der Waals surface area contributed by atoms with Crippen LogP contribution in [0.25, 0.3) is 0 Å². The molecule has 1 unspecified atom stereocenters. The number of nitrogens with one attached hydrogen (secondary N) is 1. The minimum Gasteiger partial charge on any atom is -0.456 e. The Labute approximate surface area is 97.9 Å². The van der Waals surface area contributed by atoms with Crippen LogP contribution >= 0.6 is 11.5 Å². The van der Waals surface area contributed by atoms with Crippen molar-refractivity contribution in [1.29, 1.82) is 0 Å². The third-order valence-electron chi connectivity index (χ3n) is 2.46. The molecule has 0 spiro atoms. The molecule has 1 aliphatic rings. The number of rotatable bonds is 3. The van der Waals surface area contributed by atoms with E-state index in [1.165, 1.54) is 11.5 Å². The second-order valence-electron chi connectivity index (χ2n) is 3.61. The predicted molar refractivity (Wildman–Crippen MR) is 61.0 cm³/mol. The van der Waals surface area contributed by atoms with E-state index >= 15 is 0 Å². The van der Waals surface area contributed by atoms with Crippen LogP contribution in [0.15, 0.2) is 0 Å². The Kier molecular flexibility index (Phi) is 3.40. The van der Waals surface area contributed by atoms with Crippen molar-refractivity contribution in [3.63, 3.8) is 0 Å². The number of carbonyl (C=O) groups is 1. The number of carbonyl (C=O) groups excluding carboxylic acids is 1. The zero-order chi connectivity index (χ0) is 11.5. The van der Waals surface area contributed by atoms with Crippen molar-refractivity contribution >= 4 is 22.5 Å². The second kappa shape index (κ2) is 4.80. The first kappa shape index (κ1) is 11.3. The standard InChI is InChI=1S/C10H14N2O3S/c1-6-8(9(11-2)16-12-6)10(13)15-7-3-4-14-5-7/h7,11H,3-5H2,1-2H3. The monoisotopic (exact) mass is 242 g/mol. The molecule has 6 heteroatoms. The summed E-state index contributed by atoms with van der Waals surface area (Å²) < 4.78 is 14.6. The fourth-order valence-electron chi connectivity index (χ4n) is 1.60. The molecule has 0 amide bonds. The number of hydrogen-bond donors (Lipinski definition) is 1. The fraction of sp³-hybridized carbons (Fsp3) is 0.600. The van der Waals surface area contributed by atoms with Crippen molar-refractivity contribution < 1.29 is 14.3 Å². The van der Waals surface area contributed by atoms with E-state index in [2.05, 4.69) is 9.69 Å². The number of esters is 1. The molecule has 1 N–H and O–H groups in total. The first-order chi connectivity index (χ1) is 7.72. The molecule has 1 fully saturated rings. The SMILES string of the molecule is CNc1snc(C)c1C(=O)OC1CCOC1. The first-order valence-electron chi connectivity index (χ1n) is 5.15. The number of nitrogens with zero attached hydrogens (tertiary/aromatic N) is 1. The normalized spacial score (nSPS) is 19.8. The van der Waals surface area contributed by atoms with Crippen LogP contribution in [-0.2, 0) is 9.47 Å². The molecule has 2 heterocycles. The van der Waals surface area contributed by atoms with Crippen LogP contribution in [0.3, 0.4) is 0 Å². The molecule has 0 radical (unpaired) electrons. The summed E-state index contributed by atoms with van der Waals surface area (Å²) in [4.78, 5) is 11.9. The Hall–Kier alpha value is -1.14. The molecule has 88 valence electrons. The second-order valence-corrected chi connectivity index (χ2v) is 4.39. The smallest absolute Gasteiger partial charge is 0.343 e. The van der Waals surface area contributed by atoms with E-state index < -0.39 is 0 Å². The van der Waals surface area contributed by atoms with Gasteiger partial charge in [0.25, 0.3) is 0 Å². The Morgan fingerprint density at radius 3 is 3.12 bits per heavy atom. The van der Waals surface area contributed by atoms with Crippen LogP contribution in [0, 0.1) is 6.92 Å². The van der Waals surface area contributed by atoms with E-state index in [4.69, 9.17) is 9.47 Å². The van der Waals surface area contributed by atoms with Gasteiger partial charge < -0.3 is 14.8 Å². The molecule has 0 saturated carbocycles. The highest BCUT2D eigenvalue weighted by Crippen LogP contribution is 2.25. The van der Waals surface area contributed by atoms with Gasteiger partial charge in [-0.05, 0) is 18.5 Å². The Morgan fingerprint density at radius 1 is 1.69 bits per heavy atom. The molecular weight excluding hydrogens is 228 g/mol.